The van der Waals surface area contributed by atoms with Gasteiger partial charge in [-0.15, -0.1) is 0 Å². The summed E-state index contributed by atoms with van der Waals surface area (Å²) >= 11 is 0. The maximum absolute atomic E-state index is 8.70. The summed E-state index contributed by atoms with van der Waals surface area (Å²) in [6.45, 7) is 0.614. The van der Waals surface area contributed by atoms with Gasteiger partial charge in [-0.05, 0) is 20.0 Å². The number of rotatable bonds is 4. The van der Waals surface area contributed by atoms with Gasteiger partial charge in [-0.2, -0.15) is 0 Å². The molecule has 0 aliphatic heterocycles. The van der Waals surface area contributed by atoms with Crippen LogP contribution in [0, 0.1) is 0 Å². The molecule has 0 aromatic rings. The first kappa shape index (κ1) is 7.88. The van der Waals surface area contributed by atoms with Crippen molar-refractivity contribution in [3.63, 3.8) is 0 Å². The molecule has 1 unspecified atom stereocenters. The standard InChI is InChI=1S/C5H13NO2/c1-6-3-2-5(8)4-7/h5-8H,2-4H2,1H3. The summed E-state index contributed by atoms with van der Waals surface area (Å²) in [6, 6.07) is 0. The zero-order chi connectivity index (χ0) is 6.41. The Kier molecular flexibility index (Phi) is 4.95. The first-order valence-corrected chi connectivity index (χ1v) is 2.74. The lowest BCUT2D eigenvalue weighted by Crippen LogP contribution is -2.19. The Morgan fingerprint density at radius 2 is 2.25 bits per heavy atom. The maximum Gasteiger partial charge on any atom is 0.0783 e. The van der Waals surface area contributed by atoms with E-state index in [-0.39, 0.29) is 6.61 Å². The lowest BCUT2D eigenvalue weighted by atomic mass is 10.3. The van der Waals surface area contributed by atoms with Crippen LogP contribution in [0.4, 0.5) is 0 Å². The Hall–Kier alpha value is -0.120. The molecule has 0 spiro atoms. The molecule has 0 aromatic heterocycles. The third-order valence-corrected chi connectivity index (χ3v) is 0.938. The van der Waals surface area contributed by atoms with Gasteiger partial charge >= 0.3 is 0 Å². The van der Waals surface area contributed by atoms with Crippen LogP contribution in [-0.2, 0) is 0 Å². The molecule has 3 heteroatoms. The molecular weight excluding hydrogens is 106 g/mol. The number of nitrogens with one attached hydrogen (secondary N) is 1. The molecule has 0 aromatic carbocycles. The van der Waals surface area contributed by atoms with Crippen molar-refractivity contribution >= 4 is 0 Å². The van der Waals surface area contributed by atoms with Crippen LogP contribution in [0.1, 0.15) is 6.42 Å². The summed E-state index contributed by atoms with van der Waals surface area (Å²) in [7, 11) is 1.81. The Balaban J connectivity index is 2.86. The van der Waals surface area contributed by atoms with Gasteiger partial charge < -0.3 is 15.5 Å². The summed E-state index contributed by atoms with van der Waals surface area (Å²) in [5, 5.41) is 19.8. The minimum atomic E-state index is -0.553. The van der Waals surface area contributed by atoms with Crippen LogP contribution in [0.25, 0.3) is 0 Å². The molecule has 0 saturated carbocycles. The minimum absolute atomic E-state index is 0.137. The van der Waals surface area contributed by atoms with Crippen LogP contribution < -0.4 is 5.32 Å². The fraction of sp³-hybridized carbons (Fsp3) is 1.00. The molecule has 0 aliphatic rings. The van der Waals surface area contributed by atoms with E-state index >= 15 is 0 Å². The second kappa shape index (κ2) is 5.03. The van der Waals surface area contributed by atoms with Crippen molar-refractivity contribution < 1.29 is 10.2 Å². The zero-order valence-electron chi connectivity index (χ0n) is 5.09. The van der Waals surface area contributed by atoms with Crippen molar-refractivity contribution in [2.75, 3.05) is 20.2 Å². The highest BCUT2D eigenvalue weighted by Crippen LogP contribution is 1.85. The van der Waals surface area contributed by atoms with E-state index in [2.05, 4.69) is 5.32 Å². The van der Waals surface area contributed by atoms with Gasteiger partial charge in [0, 0.05) is 0 Å². The van der Waals surface area contributed by atoms with Gasteiger partial charge in [0.05, 0.1) is 12.7 Å². The summed E-state index contributed by atoms with van der Waals surface area (Å²) in [6.07, 6.45) is 0.0648. The molecule has 0 bridgehead atoms. The van der Waals surface area contributed by atoms with Crippen LogP contribution in [0.15, 0.2) is 0 Å². The van der Waals surface area contributed by atoms with Crippen molar-refractivity contribution in [3.8, 4) is 0 Å². The van der Waals surface area contributed by atoms with E-state index in [0.717, 1.165) is 6.54 Å². The second-order valence-electron chi connectivity index (χ2n) is 1.73. The molecule has 0 radical (unpaired) electrons. The number of hydrogen-bond acceptors (Lipinski definition) is 3. The topological polar surface area (TPSA) is 52.5 Å². The molecule has 3 nitrogen and oxygen atoms in total. The van der Waals surface area contributed by atoms with Gasteiger partial charge in [0.25, 0.3) is 0 Å². The van der Waals surface area contributed by atoms with Gasteiger partial charge in [-0.3, -0.25) is 0 Å². The van der Waals surface area contributed by atoms with E-state index in [1.807, 2.05) is 7.05 Å². The summed E-state index contributed by atoms with van der Waals surface area (Å²) < 4.78 is 0. The summed E-state index contributed by atoms with van der Waals surface area (Å²) in [5.74, 6) is 0. The van der Waals surface area contributed by atoms with Gasteiger partial charge in [0.2, 0.25) is 0 Å². The third kappa shape index (κ3) is 4.05. The molecule has 0 rings (SSSR count). The van der Waals surface area contributed by atoms with Crippen LogP contribution in [0.3, 0.4) is 0 Å². The van der Waals surface area contributed by atoms with Crippen molar-refractivity contribution in [1.82, 2.24) is 5.32 Å². The van der Waals surface area contributed by atoms with Crippen molar-refractivity contribution in [2.24, 2.45) is 0 Å². The van der Waals surface area contributed by atoms with Gasteiger partial charge in [0.15, 0.2) is 0 Å². The molecule has 0 fully saturated rings. The fourth-order valence-corrected chi connectivity index (χ4v) is 0.402. The number of hydrogen-bond donors (Lipinski definition) is 3. The highest BCUT2D eigenvalue weighted by molar-refractivity contribution is 4.52. The summed E-state index contributed by atoms with van der Waals surface area (Å²) in [5.41, 5.74) is 0. The van der Waals surface area contributed by atoms with E-state index in [1.165, 1.54) is 0 Å². The zero-order valence-corrected chi connectivity index (χ0v) is 5.09. The molecule has 50 valence electrons. The number of aliphatic hydroxyl groups is 2. The van der Waals surface area contributed by atoms with Crippen LogP contribution in [-0.4, -0.2) is 36.5 Å². The average Bonchev–Trinajstić information content (AvgIpc) is 1.83. The maximum atomic E-state index is 8.70. The monoisotopic (exact) mass is 119 g/mol. The first-order chi connectivity index (χ1) is 3.81. The van der Waals surface area contributed by atoms with Crippen LogP contribution in [0.5, 0.6) is 0 Å². The van der Waals surface area contributed by atoms with E-state index in [9.17, 15) is 0 Å². The van der Waals surface area contributed by atoms with Crippen LogP contribution >= 0.6 is 0 Å². The van der Waals surface area contributed by atoms with Crippen molar-refractivity contribution in [2.45, 2.75) is 12.5 Å². The highest BCUT2D eigenvalue weighted by Gasteiger charge is 1.97. The highest BCUT2D eigenvalue weighted by atomic mass is 16.3. The molecule has 1 atom stereocenters. The van der Waals surface area contributed by atoms with E-state index in [1.54, 1.807) is 0 Å². The van der Waals surface area contributed by atoms with Crippen molar-refractivity contribution in [3.05, 3.63) is 0 Å². The van der Waals surface area contributed by atoms with Gasteiger partial charge in [-0.1, -0.05) is 0 Å². The number of aliphatic hydroxyl groups excluding tert-OH is 2. The third-order valence-electron chi connectivity index (χ3n) is 0.938. The lowest BCUT2D eigenvalue weighted by Gasteiger charge is -2.03. The molecule has 0 heterocycles. The Morgan fingerprint density at radius 3 is 2.62 bits per heavy atom. The molecule has 0 saturated heterocycles. The molecule has 0 amide bonds. The molecule has 0 aliphatic carbocycles. The normalized spacial score (nSPS) is 13.9. The minimum Gasteiger partial charge on any atom is -0.394 e. The smallest absolute Gasteiger partial charge is 0.0783 e. The first-order valence-electron chi connectivity index (χ1n) is 2.74. The molecule has 3 N–H and O–H groups in total. The van der Waals surface area contributed by atoms with Crippen molar-refractivity contribution in [1.29, 1.82) is 0 Å². The molecule has 8 heavy (non-hydrogen) atoms. The predicted octanol–water partition coefficient (Wildman–Crippen LogP) is -1.05. The predicted molar refractivity (Wildman–Crippen MR) is 31.6 cm³/mol. The SMILES string of the molecule is CNCCC(O)CO. The van der Waals surface area contributed by atoms with E-state index in [4.69, 9.17) is 10.2 Å². The Labute approximate surface area is 49.3 Å². The summed E-state index contributed by atoms with van der Waals surface area (Å²) in [4.78, 5) is 0. The average molecular weight is 119 g/mol. The van der Waals surface area contributed by atoms with E-state index < -0.39 is 6.10 Å². The quantitative estimate of drug-likeness (QED) is 0.442. The second-order valence-corrected chi connectivity index (χ2v) is 1.73. The van der Waals surface area contributed by atoms with Gasteiger partial charge in [0.1, 0.15) is 0 Å². The largest absolute Gasteiger partial charge is 0.394 e. The Bertz CT molecular complexity index is 49.7. The van der Waals surface area contributed by atoms with Gasteiger partial charge in [-0.25, -0.2) is 0 Å². The molecular formula is C5H13NO2. The Morgan fingerprint density at radius 1 is 1.62 bits per heavy atom. The van der Waals surface area contributed by atoms with Crippen LogP contribution in [0.2, 0.25) is 0 Å². The lowest BCUT2D eigenvalue weighted by molar-refractivity contribution is 0.0888. The fourth-order valence-electron chi connectivity index (χ4n) is 0.402. The van der Waals surface area contributed by atoms with E-state index in [0.29, 0.717) is 6.42 Å².